The number of halogens is 1. The number of aryl methyl sites for hydroxylation is 1. The van der Waals surface area contributed by atoms with E-state index in [0.717, 1.165) is 16.7 Å². The number of para-hydroxylation sites is 1. The maximum Gasteiger partial charge on any atom is 0.255 e. The van der Waals surface area contributed by atoms with Crippen LogP contribution in [0.5, 0.6) is 0 Å². The van der Waals surface area contributed by atoms with E-state index in [4.69, 9.17) is 0 Å². The van der Waals surface area contributed by atoms with E-state index >= 15 is 0 Å². The van der Waals surface area contributed by atoms with Crippen LogP contribution < -0.4 is 5.32 Å². The van der Waals surface area contributed by atoms with Gasteiger partial charge in [-0.05, 0) is 41.1 Å². The maximum absolute atomic E-state index is 12.1. The third-order valence-electron chi connectivity index (χ3n) is 2.92. The van der Waals surface area contributed by atoms with Crippen LogP contribution in [0.3, 0.4) is 0 Å². The van der Waals surface area contributed by atoms with Gasteiger partial charge in [-0.1, -0.05) is 12.1 Å². The summed E-state index contributed by atoms with van der Waals surface area (Å²) < 4.78 is 1.14. The van der Waals surface area contributed by atoms with Crippen molar-refractivity contribution in [3.8, 4) is 0 Å². The van der Waals surface area contributed by atoms with E-state index in [1.807, 2.05) is 24.3 Å². The van der Waals surface area contributed by atoms with E-state index in [1.54, 1.807) is 30.3 Å². The lowest BCUT2D eigenvalue weighted by Gasteiger charge is -2.14. The number of hydrogen-bond donors (Lipinski definition) is 1. The van der Waals surface area contributed by atoms with Gasteiger partial charge in [0, 0.05) is 40.6 Å². The second kappa shape index (κ2) is 6.41. The van der Waals surface area contributed by atoms with Crippen LogP contribution in [-0.4, -0.2) is 24.9 Å². The molecule has 0 saturated carbocycles. The molecule has 0 aliphatic carbocycles. The van der Waals surface area contributed by atoms with Crippen LogP contribution in [0.25, 0.3) is 0 Å². The fourth-order valence-electron chi connectivity index (χ4n) is 1.85. The summed E-state index contributed by atoms with van der Waals surface area (Å²) in [6, 6.07) is 9.72. The molecule has 0 radical (unpaired) electrons. The van der Waals surface area contributed by atoms with Crippen molar-refractivity contribution in [3.05, 3.63) is 50.1 Å². The van der Waals surface area contributed by atoms with Crippen LogP contribution in [0, 0.1) is 6.92 Å². The van der Waals surface area contributed by atoms with Crippen molar-refractivity contribution >= 4 is 38.9 Å². The predicted molar refractivity (Wildman–Crippen MR) is 88.5 cm³/mol. The molecule has 2 aromatic rings. The van der Waals surface area contributed by atoms with Crippen molar-refractivity contribution in [1.82, 2.24) is 4.90 Å². The molecule has 0 unspecified atom stereocenters. The van der Waals surface area contributed by atoms with Crippen molar-refractivity contribution in [1.29, 1.82) is 0 Å². The lowest BCUT2D eigenvalue weighted by atomic mass is 10.1. The zero-order chi connectivity index (χ0) is 14.7. The SMILES string of the molecule is Cc1sc(CNc2ccccc2C(=O)N(C)C)cc1Br. The molecule has 0 saturated heterocycles. The molecule has 0 spiro atoms. The van der Waals surface area contributed by atoms with E-state index in [1.165, 1.54) is 9.75 Å². The van der Waals surface area contributed by atoms with Gasteiger partial charge in [-0.15, -0.1) is 11.3 Å². The number of carbonyl (C=O) groups is 1. The van der Waals surface area contributed by atoms with Crippen molar-refractivity contribution in [3.63, 3.8) is 0 Å². The molecule has 1 heterocycles. The first kappa shape index (κ1) is 15.1. The summed E-state index contributed by atoms with van der Waals surface area (Å²) in [5, 5.41) is 3.35. The summed E-state index contributed by atoms with van der Waals surface area (Å²) in [6.07, 6.45) is 0. The molecule has 5 heteroatoms. The Balaban J connectivity index is 2.15. The van der Waals surface area contributed by atoms with Gasteiger partial charge < -0.3 is 10.2 Å². The highest BCUT2D eigenvalue weighted by atomic mass is 79.9. The zero-order valence-corrected chi connectivity index (χ0v) is 14.1. The van der Waals surface area contributed by atoms with Crippen LogP contribution in [-0.2, 0) is 6.54 Å². The first-order valence-corrected chi connectivity index (χ1v) is 7.89. The molecule has 3 nitrogen and oxygen atoms in total. The first-order chi connectivity index (χ1) is 9.49. The normalized spacial score (nSPS) is 10.4. The average molecular weight is 353 g/mol. The second-order valence-electron chi connectivity index (χ2n) is 4.72. The fourth-order valence-corrected chi connectivity index (χ4v) is 3.39. The van der Waals surface area contributed by atoms with E-state index < -0.39 is 0 Å². The Hall–Kier alpha value is -1.33. The number of rotatable bonds is 4. The largest absolute Gasteiger partial charge is 0.380 e. The molecule has 0 atom stereocenters. The Bertz CT molecular complexity index is 603. The molecule has 1 N–H and O–H groups in total. The minimum atomic E-state index is 0.0108. The lowest BCUT2D eigenvalue weighted by Crippen LogP contribution is -2.22. The third-order valence-corrected chi connectivity index (χ3v) is 5.06. The molecule has 2 rings (SSSR count). The molecule has 20 heavy (non-hydrogen) atoms. The Morgan fingerprint density at radius 3 is 2.65 bits per heavy atom. The van der Waals surface area contributed by atoms with Gasteiger partial charge in [-0.3, -0.25) is 4.79 Å². The Labute approximate surface area is 131 Å². The highest BCUT2D eigenvalue weighted by Crippen LogP contribution is 2.27. The van der Waals surface area contributed by atoms with Gasteiger partial charge in [0.15, 0.2) is 0 Å². The number of benzene rings is 1. The lowest BCUT2D eigenvalue weighted by molar-refractivity contribution is 0.0828. The van der Waals surface area contributed by atoms with Crippen molar-refractivity contribution in [2.45, 2.75) is 13.5 Å². The number of carbonyl (C=O) groups excluding carboxylic acids is 1. The fraction of sp³-hybridized carbons (Fsp3) is 0.267. The molecule has 0 bridgehead atoms. The third kappa shape index (κ3) is 3.41. The highest BCUT2D eigenvalue weighted by molar-refractivity contribution is 9.10. The zero-order valence-electron chi connectivity index (χ0n) is 11.7. The maximum atomic E-state index is 12.1. The molecular weight excluding hydrogens is 336 g/mol. The van der Waals surface area contributed by atoms with Gasteiger partial charge in [-0.25, -0.2) is 0 Å². The van der Waals surface area contributed by atoms with E-state index in [2.05, 4.69) is 34.2 Å². The number of nitrogens with one attached hydrogen (secondary N) is 1. The van der Waals surface area contributed by atoms with Crippen molar-refractivity contribution in [2.24, 2.45) is 0 Å². The molecule has 1 amide bonds. The molecule has 0 fully saturated rings. The molecule has 106 valence electrons. The van der Waals surface area contributed by atoms with Gasteiger partial charge in [0.05, 0.1) is 5.56 Å². The van der Waals surface area contributed by atoms with Gasteiger partial charge in [0.25, 0.3) is 5.91 Å². The van der Waals surface area contributed by atoms with Crippen LogP contribution in [0.2, 0.25) is 0 Å². The molecular formula is C15H17BrN2OS. The summed E-state index contributed by atoms with van der Waals surface area (Å²) in [4.78, 5) is 16.2. The highest BCUT2D eigenvalue weighted by Gasteiger charge is 2.12. The quantitative estimate of drug-likeness (QED) is 0.896. The number of anilines is 1. The standard InChI is InChI=1S/C15H17BrN2OS/c1-10-13(16)8-11(20-10)9-17-14-7-5-4-6-12(14)15(19)18(2)3/h4-8,17H,9H2,1-3H3. The minimum Gasteiger partial charge on any atom is -0.380 e. The smallest absolute Gasteiger partial charge is 0.255 e. The second-order valence-corrected chi connectivity index (χ2v) is 6.91. The number of nitrogens with zero attached hydrogens (tertiary/aromatic N) is 1. The number of hydrogen-bond acceptors (Lipinski definition) is 3. The summed E-state index contributed by atoms with van der Waals surface area (Å²) >= 11 is 5.27. The van der Waals surface area contributed by atoms with Crippen LogP contribution in [0.1, 0.15) is 20.1 Å². The Morgan fingerprint density at radius 2 is 2.05 bits per heavy atom. The van der Waals surface area contributed by atoms with Gasteiger partial charge in [-0.2, -0.15) is 0 Å². The minimum absolute atomic E-state index is 0.0108. The van der Waals surface area contributed by atoms with Gasteiger partial charge >= 0.3 is 0 Å². The first-order valence-electron chi connectivity index (χ1n) is 6.28. The summed E-state index contributed by atoms with van der Waals surface area (Å²) in [6.45, 7) is 2.80. The molecule has 1 aromatic carbocycles. The molecule has 0 aliphatic rings. The molecule has 0 aliphatic heterocycles. The Morgan fingerprint density at radius 1 is 1.35 bits per heavy atom. The van der Waals surface area contributed by atoms with Crippen molar-refractivity contribution < 1.29 is 4.79 Å². The van der Waals surface area contributed by atoms with Crippen LogP contribution in [0.4, 0.5) is 5.69 Å². The monoisotopic (exact) mass is 352 g/mol. The number of amides is 1. The Kier molecular flexibility index (Phi) is 4.83. The van der Waals surface area contributed by atoms with Gasteiger partial charge in [0.1, 0.15) is 0 Å². The topological polar surface area (TPSA) is 32.3 Å². The summed E-state index contributed by atoms with van der Waals surface area (Å²) in [7, 11) is 3.53. The van der Waals surface area contributed by atoms with Gasteiger partial charge in [0.2, 0.25) is 0 Å². The van der Waals surface area contributed by atoms with E-state index in [-0.39, 0.29) is 5.91 Å². The van der Waals surface area contributed by atoms with Crippen molar-refractivity contribution in [2.75, 3.05) is 19.4 Å². The van der Waals surface area contributed by atoms with E-state index in [9.17, 15) is 4.79 Å². The summed E-state index contributed by atoms with van der Waals surface area (Å²) in [5.41, 5.74) is 1.57. The number of thiophene rings is 1. The van der Waals surface area contributed by atoms with Crippen LogP contribution >= 0.6 is 27.3 Å². The van der Waals surface area contributed by atoms with E-state index in [0.29, 0.717) is 5.56 Å². The average Bonchev–Trinajstić information content (AvgIpc) is 2.75. The molecule has 1 aromatic heterocycles. The van der Waals surface area contributed by atoms with Crippen LogP contribution in [0.15, 0.2) is 34.8 Å². The predicted octanol–water partition coefficient (Wildman–Crippen LogP) is 4.13. The summed E-state index contributed by atoms with van der Waals surface area (Å²) in [5.74, 6) is 0.0108.